The maximum Gasteiger partial charge on any atom is 0.409 e. The van der Waals surface area contributed by atoms with Crippen LogP contribution in [0.15, 0.2) is 0 Å². The number of carbonyl (C=O) groups excluding carboxylic acids is 1. The van der Waals surface area contributed by atoms with Gasteiger partial charge >= 0.3 is 6.09 Å². The molecule has 0 aliphatic heterocycles. The average molecular weight is 261 g/mol. The number of hydrogen-bond acceptors (Lipinski definition) is 4. The van der Waals surface area contributed by atoms with Crippen LogP contribution in [0.25, 0.3) is 0 Å². The van der Waals surface area contributed by atoms with E-state index in [1.54, 1.807) is 4.90 Å². The van der Waals surface area contributed by atoms with Gasteiger partial charge in [0.1, 0.15) is 6.61 Å². The molecule has 0 saturated heterocycles. The summed E-state index contributed by atoms with van der Waals surface area (Å²) in [5.74, 6) is 0. The number of rotatable bonds is 11. The van der Waals surface area contributed by atoms with Gasteiger partial charge in [-0.15, -0.1) is 0 Å². The molecule has 0 bridgehead atoms. The molecule has 0 rings (SSSR count). The number of hydrogen-bond donors (Lipinski definition) is 2. The van der Waals surface area contributed by atoms with Gasteiger partial charge in [-0.05, 0) is 12.8 Å². The van der Waals surface area contributed by atoms with Crippen molar-refractivity contribution in [3.63, 3.8) is 0 Å². The first-order chi connectivity index (χ1) is 8.76. The zero-order chi connectivity index (χ0) is 13.6. The first-order valence-corrected chi connectivity index (χ1v) is 6.89. The van der Waals surface area contributed by atoms with Gasteiger partial charge in [0.2, 0.25) is 0 Å². The van der Waals surface area contributed by atoms with E-state index in [1.807, 2.05) is 0 Å². The zero-order valence-electron chi connectivity index (χ0n) is 11.4. The monoisotopic (exact) mass is 261 g/mol. The summed E-state index contributed by atoms with van der Waals surface area (Å²) < 4.78 is 4.88. The summed E-state index contributed by atoms with van der Waals surface area (Å²) in [6, 6.07) is 0. The number of carbonyl (C=O) groups is 1. The van der Waals surface area contributed by atoms with E-state index in [1.165, 1.54) is 19.3 Å². The molecule has 0 atom stereocenters. The molecule has 0 radical (unpaired) electrons. The van der Waals surface area contributed by atoms with Crippen molar-refractivity contribution in [3.05, 3.63) is 0 Å². The molecule has 108 valence electrons. The Kier molecular flexibility index (Phi) is 12.1. The SMILES string of the molecule is CCCCCCCN(CCCO)C(=O)OCCO. The van der Waals surface area contributed by atoms with Crippen LogP contribution in [0.4, 0.5) is 4.79 Å². The zero-order valence-corrected chi connectivity index (χ0v) is 11.4. The fourth-order valence-electron chi connectivity index (χ4n) is 1.69. The molecule has 0 heterocycles. The van der Waals surface area contributed by atoms with Crippen LogP contribution >= 0.6 is 0 Å². The van der Waals surface area contributed by atoms with Crippen molar-refractivity contribution in [2.75, 3.05) is 32.9 Å². The Morgan fingerprint density at radius 1 is 1.00 bits per heavy atom. The normalized spacial score (nSPS) is 10.4. The maximum absolute atomic E-state index is 11.6. The van der Waals surface area contributed by atoms with E-state index in [2.05, 4.69) is 6.92 Å². The molecule has 5 heteroatoms. The van der Waals surface area contributed by atoms with Crippen LogP contribution < -0.4 is 0 Å². The quantitative estimate of drug-likeness (QED) is 0.556. The lowest BCUT2D eigenvalue weighted by Gasteiger charge is -2.21. The lowest BCUT2D eigenvalue weighted by molar-refractivity contribution is 0.0815. The third-order valence-electron chi connectivity index (χ3n) is 2.69. The Hall–Kier alpha value is -0.810. The van der Waals surface area contributed by atoms with E-state index < -0.39 is 6.09 Å². The van der Waals surface area contributed by atoms with Crippen molar-refractivity contribution < 1.29 is 19.7 Å². The molecule has 0 aliphatic rings. The van der Waals surface area contributed by atoms with E-state index >= 15 is 0 Å². The van der Waals surface area contributed by atoms with Crippen molar-refractivity contribution in [3.8, 4) is 0 Å². The molecular weight excluding hydrogens is 234 g/mol. The summed E-state index contributed by atoms with van der Waals surface area (Å²) in [5, 5.41) is 17.4. The largest absolute Gasteiger partial charge is 0.447 e. The smallest absolute Gasteiger partial charge is 0.409 e. The molecule has 0 aromatic rings. The number of aliphatic hydroxyl groups is 2. The number of nitrogens with zero attached hydrogens (tertiary/aromatic N) is 1. The fraction of sp³-hybridized carbons (Fsp3) is 0.923. The van der Waals surface area contributed by atoms with Crippen molar-refractivity contribution in [2.24, 2.45) is 0 Å². The van der Waals surface area contributed by atoms with Gasteiger partial charge in [-0.25, -0.2) is 4.79 Å². The first kappa shape index (κ1) is 17.2. The van der Waals surface area contributed by atoms with E-state index in [4.69, 9.17) is 14.9 Å². The summed E-state index contributed by atoms with van der Waals surface area (Å²) in [7, 11) is 0. The Morgan fingerprint density at radius 2 is 1.67 bits per heavy atom. The van der Waals surface area contributed by atoms with Crippen LogP contribution in [-0.4, -0.2) is 54.1 Å². The topological polar surface area (TPSA) is 70.0 Å². The summed E-state index contributed by atoms with van der Waals surface area (Å²) in [5.41, 5.74) is 0. The van der Waals surface area contributed by atoms with Crippen LogP contribution in [0.5, 0.6) is 0 Å². The van der Waals surface area contributed by atoms with Gasteiger partial charge in [0.05, 0.1) is 6.61 Å². The van der Waals surface area contributed by atoms with Gasteiger partial charge in [0.25, 0.3) is 0 Å². The third-order valence-corrected chi connectivity index (χ3v) is 2.69. The lowest BCUT2D eigenvalue weighted by atomic mass is 10.1. The number of ether oxygens (including phenoxy) is 1. The highest BCUT2D eigenvalue weighted by atomic mass is 16.6. The first-order valence-electron chi connectivity index (χ1n) is 6.89. The predicted molar refractivity (Wildman–Crippen MR) is 70.5 cm³/mol. The average Bonchev–Trinajstić information content (AvgIpc) is 2.39. The Labute approximate surface area is 110 Å². The van der Waals surface area contributed by atoms with Crippen LogP contribution in [0.3, 0.4) is 0 Å². The second kappa shape index (κ2) is 12.6. The van der Waals surface area contributed by atoms with Crippen LogP contribution in [0, 0.1) is 0 Å². The molecule has 0 saturated carbocycles. The van der Waals surface area contributed by atoms with Crippen molar-refractivity contribution >= 4 is 6.09 Å². The fourth-order valence-corrected chi connectivity index (χ4v) is 1.69. The summed E-state index contributed by atoms with van der Waals surface area (Å²) in [6.45, 7) is 3.28. The molecule has 1 amide bonds. The standard InChI is InChI=1S/C13H27NO4/c1-2-3-4-5-6-8-14(9-7-10-15)13(17)18-12-11-16/h15-16H,2-12H2,1H3. The molecule has 2 N–H and O–H groups in total. The van der Waals surface area contributed by atoms with Crippen molar-refractivity contribution in [1.29, 1.82) is 0 Å². The van der Waals surface area contributed by atoms with Crippen molar-refractivity contribution in [2.45, 2.75) is 45.4 Å². The minimum absolute atomic E-state index is 0.0320. The lowest BCUT2D eigenvalue weighted by Crippen LogP contribution is -2.34. The third kappa shape index (κ3) is 9.24. The van der Waals surface area contributed by atoms with E-state index in [-0.39, 0.29) is 19.8 Å². The second-order valence-electron chi connectivity index (χ2n) is 4.32. The van der Waals surface area contributed by atoms with Crippen LogP contribution in [0.2, 0.25) is 0 Å². The number of unbranched alkanes of at least 4 members (excludes halogenated alkanes) is 4. The van der Waals surface area contributed by atoms with E-state index in [0.29, 0.717) is 19.5 Å². The highest BCUT2D eigenvalue weighted by Gasteiger charge is 2.13. The molecule has 0 unspecified atom stereocenters. The molecular formula is C13H27NO4. The number of amides is 1. The molecule has 5 nitrogen and oxygen atoms in total. The summed E-state index contributed by atoms with van der Waals surface area (Å²) >= 11 is 0. The Balaban J connectivity index is 3.86. The Morgan fingerprint density at radius 3 is 2.28 bits per heavy atom. The molecule has 0 aromatic heterocycles. The molecule has 0 aromatic carbocycles. The van der Waals surface area contributed by atoms with Gasteiger partial charge in [0.15, 0.2) is 0 Å². The minimum Gasteiger partial charge on any atom is -0.447 e. The van der Waals surface area contributed by atoms with Gasteiger partial charge in [0, 0.05) is 19.7 Å². The molecule has 0 spiro atoms. The van der Waals surface area contributed by atoms with Crippen LogP contribution in [0.1, 0.15) is 45.4 Å². The predicted octanol–water partition coefficient (Wildman–Crippen LogP) is 1.77. The molecule has 0 aliphatic carbocycles. The minimum atomic E-state index is -0.395. The van der Waals surface area contributed by atoms with Gasteiger partial charge in [-0.2, -0.15) is 0 Å². The van der Waals surface area contributed by atoms with E-state index in [9.17, 15) is 4.79 Å². The van der Waals surface area contributed by atoms with Crippen LogP contribution in [-0.2, 0) is 4.74 Å². The molecule has 18 heavy (non-hydrogen) atoms. The summed E-state index contributed by atoms with van der Waals surface area (Å²) in [4.78, 5) is 13.2. The Bertz CT molecular complexity index is 199. The summed E-state index contributed by atoms with van der Waals surface area (Å²) in [6.07, 6.45) is 5.85. The van der Waals surface area contributed by atoms with Gasteiger partial charge in [-0.1, -0.05) is 32.6 Å². The van der Waals surface area contributed by atoms with Gasteiger partial charge < -0.3 is 19.8 Å². The highest BCUT2D eigenvalue weighted by molar-refractivity contribution is 5.67. The maximum atomic E-state index is 11.6. The van der Waals surface area contributed by atoms with Crippen molar-refractivity contribution in [1.82, 2.24) is 4.90 Å². The number of aliphatic hydroxyl groups excluding tert-OH is 2. The second-order valence-corrected chi connectivity index (χ2v) is 4.32. The molecule has 0 fully saturated rings. The van der Waals surface area contributed by atoms with Gasteiger partial charge in [-0.3, -0.25) is 0 Å². The van der Waals surface area contributed by atoms with E-state index in [0.717, 1.165) is 12.8 Å². The highest BCUT2D eigenvalue weighted by Crippen LogP contribution is 2.05.